The number of carbonyl (C=O) groups is 3. The van der Waals surface area contributed by atoms with Crippen molar-refractivity contribution in [2.75, 3.05) is 19.6 Å². The Balaban J connectivity index is 1.61. The molecule has 7 nitrogen and oxygen atoms in total. The highest BCUT2D eigenvalue weighted by Gasteiger charge is 2.37. The zero-order valence-electron chi connectivity index (χ0n) is 17.0. The van der Waals surface area contributed by atoms with Crippen LogP contribution in [0.2, 0.25) is 0 Å². The van der Waals surface area contributed by atoms with E-state index in [4.69, 9.17) is 5.73 Å². The van der Waals surface area contributed by atoms with Crippen molar-refractivity contribution in [3.63, 3.8) is 0 Å². The summed E-state index contributed by atoms with van der Waals surface area (Å²) in [5.74, 6) is -0.152. The molecular formula is C21H36N4O3. The number of hydrogen-bond donors (Lipinski definition) is 3. The van der Waals surface area contributed by atoms with E-state index in [1.54, 1.807) is 4.90 Å². The highest BCUT2D eigenvalue weighted by Crippen LogP contribution is 2.28. The van der Waals surface area contributed by atoms with Crippen LogP contribution in [-0.4, -0.2) is 54.3 Å². The van der Waals surface area contributed by atoms with Crippen LogP contribution in [0.5, 0.6) is 0 Å². The van der Waals surface area contributed by atoms with E-state index in [0.29, 0.717) is 32.0 Å². The van der Waals surface area contributed by atoms with E-state index in [1.807, 2.05) is 0 Å². The lowest BCUT2D eigenvalue weighted by molar-refractivity contribution is -0.146. The van der Waals surface area contributed by atoms with E-state index in [1.165, 1.54) is 25.7 Å². The fourth-order valence-electron chi connectivity index (χ4n) is 5.06. The van der Waals surface area contributed by atoms with Crippen LogP contribution < -0.4 is 16.4 Å². The summed E-state index contributed by atoms with van der Waals surface area (Å²) in [6.07, 6.45) is 11.6. The number of nitrogens with zero attached hydrogens (tertiary/aromatic N) is 1. The highest BCUT2D eigenvalue weighted by atomic mass is 16.2. The molecule has 2 saturated carbocycles. The van der Waals surface area contributed by atoms with Crippen molar-refractivity contribution in [1.82, 2.24) is 15.5 Å². The van der Waals surface area contributed by atoms with Crippen LogP contribution in [-0.2, 0) is 14.4 Å². The van der Waals surface area contributed by atoms with Gasteiger partial charge in [-0.05, 0) is 25.2 Å². The Morgan fingerprint density at radius 3 is 2.29 bits per heavy atom. The van der Waals surface area contributed by atoms with Crippen LogP contribution in [0.25, 0.3) is 0 Å². The van der Waals surface area contributed by atoms with Crippen molar-refractivity contribution in [2.45, 2.75) is 82.7 Å². The van der Waals surface area contributed by atoms with Crippen LogP contribution >= 0.6 is 0 Å². The SMILES string of the molecule is NC(=O)C(CC1CCCCC1)NC(=O)C1CNCCN1C(=O)C1CCCCC1. The van der Waals surface area contributed by atoms with Gasteiger partial charge in [0, 0.05) is 25.6 Å². The Morgan fingerprint density at radius 2 is 1.64 bits per heavy atom. The molecule has 2 unspecified atom stereocenters. The maximum Gasteiger partial charge on any atom is 0.244 e. The second-order valence-electron chi connectivity index (χ2n) is 8.79. The topological polar surface area (TPSA) is 105 Å². The lowest BCUT2D eigenvalue weighted by Crippen LogP contribution is -2.62. The maximum absolute atomic E-state index is 13.0. The first kappa shape index (κ1) is 21.1. The van der Waals surface area contributed by atoms with Crippen molar-refractivity contribution < 1.29 is 14.4 Å². The normalized spacial score (nSPS) is 25.9. The first-order valence-corrected chi connectivity index (χ1v) is 11.2. The molecule has 2 atom stereocenters. The smallest absolute Gasteiger partial charge is 0.244 e. The summed E-state index contributed by atoms with van der Waals surface area (Å²) in [6.45, 7) is 1.67. The van der Waals surface area contributed by atoms with Gasteiger partial charge in [-0.3, -0.25) is 14.4 Å². The molecule has 3 rings (SSSR count). The quantitative estimate of drug-likeness (QED) is 0.634. The molecule has 0 spiro atoms. The Labute approximate surface area is 168 Å². The first-order chi connectivity index (χ1) is 13.6. The molecule has 0 aromatic heterocycles. The molecule has 0 aromatic rings. The van der Waals surface area contributed by atoms with Gasteiger partial charge in [0.1, 0.15) is 12.1 Å². The summed E-state index contributed by atoms with van der Waals surface area (Å²) in [7, 11) is 0. The predicted molar refractivity (Wildman–Crippen MR) is 107 cm³/mol. The van der Waals surface area contributed by atoms with Gasteiger partial charge in [-0.25, -0.2) is 0 Å². The molecule has 158 valence electrons. The van der Waals surface area contributed by atoms with Crippen LogP contribution in [0, 0.1) is 11.8 Å². The third kappa shape index (κ3) is 5.46. The van der Waals surface area contributed by atoms with Crippen molar-refractivity contribution in [2.24, 2.45) is 17.6 Å². The van der Waals surface area contributed by atoms with E-state index in [0.717, 1.165) is 38.5 Å². The summed E-state index contributed by atoms with van der Waals surface area (Å²) in [5.41, 5.74) is 5.59. The van der Waals surface area contributed by atoms with Gasteiger partial charge in [-0.15, -0.1) is 0 Å². The lowest BCUT2D eigenvalue weighted by atomic mass is 9.84. The Hall–Kier alpha value is -1.63. The van der Waals surface area contributed by atoms with Gasteiger partial charge < -0.3 is 21.3 Å². The molecule has 28 heavy (non-hydrogen) atoms. The third-order valence-corrected chi connectivity index (χ3v) is 6.74. The molecule has 3 aliphatic rings. The number of primary amides is 1. The van der Waals surface area contributed by atoms with Crippen molar-refractivity contribution >= 4 is 17.7 Å². The molecule has 4 N–H and O–H groups in total. The molecule has 1 heterocycles. The molecule has 0 bridgehead atoms. The molecule has 7 heteroatoms. The molecule has 1 saturated heterocycles. The fraction of sp³-hybridized carbons (Fsp3) is 0.857. The predicted octanol–water partition coefficient (Wildman–Crippen LogP) is 1.31. The Bertz CT molecular complexity index is 556. The van der Waals surface area contributed by atoms with E-state index in [-0.39, 0.29) is 17.7 Å². The summed E-state index contributed by atoms with van der Waals surface area (Å²) in [6, 6.07) is -1.21. The molecule has 3 amide bonds. The van der Waals surface area contributed by atoms with Crippen molar-refractivity contribution in [1.29, 1.82) is 0 Å². The number of piperazine rings is 1. The number of rotatable bonds is 6. The van der Waals surface area contributed by atoms with Gasteiger partial charge >= 0.3 is 0 Å². The monoisotopic (exact) mass is 392 g/mol. The maximum atomic E-state index is 13.0. The van der Waals surface area contributed by atoms with E-state index < -0.39 is 18.0 Å². The average Bonchev–Trinajstić information content (AvgIpc) is 2.74. The van der Waals surface area contributed by atoms with Crippen LogP contribution in [0.4, 0.5) is 0 Å². The van der Waals surface area contributed by atoms with Crippen molar-refractivity contribution in [3.8, 4) is 0 Å². The number of amides is 3. The number of nitrogens with two attached hydrogens (primary N) is 1. The van der Waals surface area contributed by atoms with Crippen LogP contribution in [0.15, 0.2) is 0 Å². The van der Waals surface area contributed by atoms with Crippen LogP contribution in [0.1, 0.15) is 70.6 Å². The molecular weight excluding hydrogens is 356 g/mol. The zero-order chi connectivity index (χ0) is 19.9. The minimum atomic E-state index is -0.649. The molecule has 3 fully saturated rings. The molecule has 0 aromatic carbocycles. The van der Waals surface area contributed by atoms with Gasteiger partial charge in [-0.2, -0.15) is 0 Å². The summed E-state index contributed by atoms with van der Waals surface area (Å²) < 4.78 is 0. The molecule has 0 radical (unpaired) electrons. The summed E-state index contributed by atoms with van der Waals surface area (Å²) in [4.78, 5) is 39.7. The first-order valence-electron chi connectivity index (χ1n) is 11.2. The second kappa shape index (κ2) is 10.2. The van der Waals surface area contributed by atoms with Gasteiger partial charge in [0.05, 0.1) is 0 Å². The minimum Gasteiger partial charge on any atom is -0.368 e. The third-order valence-electron chi connectivity index (χ3n) is 6.74. The van der Waals surface area contributed by atoms with Gasteiger partial charge in [-0.1, -0.05) is 51.4 Å². The Kier molecular flexibility index (Phi) is 7.71. The number of nitrogens with one attached hydrogen (secondary N) is 2. The second-order valence-corrected chi connectivity index (χ2v) is 8.79. The summed E-state index contributed by atoms with van der Waals surface area (Å²) >= 11 is 0. The largest absolute Gasteiger partial charge is 0.368 e. The van der Waals surface area contributed by atoms with Gasteiger partial charge in [0.25, 0.3) is 0 Å². The minimum absolute atomic E-state index is 0.0383. The standard InChI is InChI=1S/C21H36N4O3/c22-19(26)17(13-15-7-3-1-4-8-15)24-20(27)18-14-23-11-12-25(18)21(28)16-9-5-2-6-10-16/h15-18,23H,1-14H2,(H2,22,26)(H,24,27). The van der Waals surface area contributed by atoms with Gasteiger partial charge in [0.2, 0.25) is 17.7 Å². The zero-order valence-corrected chi connectivity index (χ0v) is 17.0. The van der Waals surface area contributed by atoms with E-state index in [9.17, 15) is 14.4 Å². The molecule has 2 aliphatic carbocycles. The van der Waals surface area contributed by atoms with E-state index >= 15 is 0 Å². The van der Waals surface area contributed by atoms with Crippen LogP contribution in [0.3, 0.4) is 0 Å². The van der Waals surface area contributed by atoms with Gasteiger partial charge in [0.15, 0.2) is 0 Å². The number of hydrogen-bond acceptors (Lipinski definition) is 4. The molecule has 1 aliphatic heterocycles. The lowest BCUT2D eigenvalue weighted by Gasteiger charge is -2.38. The fourth-order valence-corrected chi connectivity index (χ4v) is 5.06. The van der Waals surface area contributed by atoms with E-state index in [2.05, 4.69) is 10.6 Å². The highest BCUT2D eigenvalue weighted by molar-refractivity contribution is 5.92. The summed E-state index contributed by atoms with van der Waals surface area (Å²) in [5, 5.41) is 6.09. The number of carbonyl (C=O) groups excluding carboxylic acids is 3. The van der Waals surface area contributed by atoms with Crippen molar-refractivity contribution in [3.05, 3.63) is 0 Å². The Morgan fingerprint density at radius 1 is 1.00 bits per heavy atom. The average molecular weight is 393 g/mol.